The number of hydrogen-bond acceptors (Lipinski definition) is 3. The largest absolute Gasteiger partial charge is 0.492 e. The standard InChI is InChI=1S/C18H26N2O/c1-19-18-14-8-2-3-10-17(14)21-12-16(18)20-11-5-7-13-6-4-9-15(13)20/h2-3,8,10,13,15-16,18-19H,4-7,9,11-12H2,1H3. The van der Waals surface area contributed by atoms with Crippen molar-refractivity contribution in [2.45, 2.75) is 50.2 Å². The van der Waals surface area contributed by atoms with Crippen LogP contribution in [0.2, 0.25) is 0 Å². The van der Waals surface area contributed by atoms with E-state index in [0.717, 1.165) is 24.3 Å². The van der Waals surface area contributed by atoms with E-state index in [4.69, 9.17) is 4.74 Å². The Morgan fingerprint density at radius 1 is 1.10 bits per heavy atom. The summed E-state index contributed by atoms with van der Waals surface area (Å²) in [7, 11) is 2.09. The molecule has 2 heterocycles. The van der Waals surface area contributed by atoms with E-state index in [2.05, 4.69) is 41.5 Å². The molecule has 21 heavy (non-hydrogen) atoms. The van der Waals surface area contributed by atoms with E-state index >= 15 is 0 Å². The first-order valence-electron chi connectivity index (χ1n) is 8.53. The lowest BCUT2D eigenvalue weighted by atomic mass is 9.87. The lowest BCUT2D eigenvalue weighted by Gasteiger charge is -2.47. The zero-order chi connectivity index (χ0) is 14.2. The normalized spacial score (nSPS) is 35.9. The van der Waals surface area contributed by atoms with Gasteiger partial charge in [0.05, 0.1) is 12.1 Å². The highest BCUT2D eigenvalue weighted by atomic mass is 16.5. The topological polar surface area (TPSA) is 24.5 Å². The van der Waals surface area contributed by atoms with Crippen molar-refractivity contribution in [2.24, 2.45) is 5.92 Å². The fourth-order valence-electron chi connectivity index (χ4n) is 4.89. The maximum atomic E-state index is 6.09. The predicted molar refractivity (Wildman–Crippen MR) is 84.6 cm³/mol. The summed E-state index contributed by atoms with van der Waals surface area (Å²) < 4.78 is 6.09. The van der Waals surface area contributed by atoms with Crippen LogP contribution in [0.25, 0.3) is 0 Å². The minimum atomic E-state index is 0.397. The smallest absolute Gasteiger partial charge is 0.124 e. The molecular weight excluding hydrogens is 260 g/mol. The summed E-state index contributed by atoms with van der Waals surface area (Å²) in [5.74, 6) is 2.00. The van der Waals surface area contributed by atoms with Crippen LogP contribution in [0.1, 0.15) is 43.7 Å². The van der Waals surface area contributed by atoms with Crippen LogP contribution < -0.4 is 10.1 Å². The first kappa shape index (κ1) is 13.6. The van der Waals surface area contributed by atoms with E-state index in [-0.39, 0.29) is 0 Å². The third kappa shape index (κ3) is 2.27. The number of nitrogens with one attached hydrogen (secondary N) is 1. The van der Waals surface area contributed by atoms with Crippen LogP contribution in [0.4, 0.5) is 0 Å². The van der Waals surface area contributed by atoms with Gasteiger partial charge in [0.15, 0.2) is 0 Å². The van der Waals surface area contributed by atoms with Gasteiger partial charge in [-0.1, -0.05) is 24.6 Å². The van der Waals surface area contributed by atoms with Crippen molar-refractivity contribution in [3.8, 4) is 5.75 Å². The molecule has 4 unspecified atom stereocenters. The monoisotopic (exact) mass is 286 g/mol. The summed E-state index contributed by atoms with van der Waals surface area (Å²) >= 11 is 0. The van der Waals surface area contributed by atoms with E-state index in [9.17, 15) is 0 Å². The van der Waals surface area contributed by atoms with E-state index in [1.807, 2.05) is 0 Å². The molecule has 3 heteroatoms. The number of piperidine rings is 1. The molecule has 2 fully saturated rings. The molecule has 4 rings (SSSR count). The SMILES string of the molecule is CNC1c2ccccc2OCC1N1CCCC2CCCC21. The average molecular weight is 286 g/mol. The van der Waals surface area contributed by atoms with Crippen LogP contribution in [0.15, 0.2) is 24.3 Å². The second-order valence-electron chi connectivity index (χ2n) is 6.82. The molecule has 1 aromatic rings. The maximum Gasteiger partial charge on any atom is 0.124 e. The van der Waals surface area contributed by atoms with Gasteiger partial charge in [-0.15, -0.1) is 0 Å². The number of benzene rings is 1. The van der Waals surface area contributed by atoms with E-state index < -0.39 is 0 Å². The third-order valence-corrected chi connectivity index (χ3v) is 5.82. The summed E-state index contributed by atoms with van der Waals surface area (Å²) in [6, 6.07) is 10.2. The van der Waals surface area contributed by atoms with E-state index in [1.165, 1.54) is 44.2 Å². The Morgan fingerprint density at radius 2 is 1.95 bits per heavy atom. The number of nitrogens with zero attached hydrogens (tertiary/aromatic N) is 1. The number of likely N-dealkylation sites (N-methyl/N-ethyl adjacent to an activating group) is 1. The molecule has 3 nitrogen and oxygen atoms in total. The Labute approximate surface area is 127 Å². The molecule has 1 aromatic carbocycles. The molecule has 4 atom stereocenters. The lowest BCUT2D eigenvalue weighted by Crippen LogP contribution is -2.56. The van der Waals surface area contributed by atoms with Crippen molar-refractivity contribution < 1.29 is 4.74 Å². The number of rotatable bonds is 2. The molecule has 3 aliphatic rings. The third-order valence-electron chi connectivity index (χ3n) is 5.82. The molecule has 0 bridgehead atoms. The molecule has 0 amide bonds. The van der Waals surface area contributed by atoms with Gasteiger partial charge in [0, 0.05) is 11.6 Å². The predicted octanol–water partition coefficient (Wildman–Crippen LogP) is 2.97. The molecule has 1 saturated heterocycles. The van der Waals surface area contributed by atoms with Crippen LogP contribution in [0.3, 0.4) is 0 Å². The number of ether oxygens (including phenoxy) is 1. The van der Waals surface area contributed by atoms with Crippen molar-refractivity contribution in [2.75, 3.05) is 20.2 Å². The quantitative estimate of drug-likeness (QED) is 0.904. The van der Waals surface area contributed by atoms with Gasteiger partial charge < -0.3 is 10.1 Å². The first-order chi connectivity index (χ1) is 10.4. The summed E-state index contributed by atoms with van der Waals surface area (Å²) in [6.07, 6.45) is 7.04. The second kappa shape index (κ2) is 5.62. The molecule has 1 aliphatic carbocycles. The van der Waals surface area contributed by atoms with Gasteiger partial charge in [0.1, 0.15) is 12.4 Å². The minimum Gasteiger partial charge on any atom is -0.492 e. The number of para-hydroxylation sites is 1. The van der Waals surface area contributed by atoms with E-state index in [1.54, 1.807) is 0 Å². The highest BCUT2D eigenvalue weighted by Gasteiger charge is 2.42. The molecule has 0 aromatic heterocycles. The molecule has 0 spiro atoms. The molecule has 114 valence electrons. The van der Waals surface area contributed by atoms with Gasteiger partial charge >= 0.3 is 0 Å². The highest BCUT2D eigenvalue weighted by molar-refractivity contribution is 5.38. The zero-order valence-corrected chi connectivity index (χ0v) is 12.9. The molecule has 0 radical (unpaired) electrons. The Morgan fingerprint density at radius 3 is 2.86 bits per heavy atom. The average Bonchev–Trinajstić information content (AvgIpc) is 3.02. The van der Waals surface area contributed by atoms with Crippen molar-refractivity contribution >= 4 is 0 Å². The van der Waals surface area contributed by atoms with Crippen molar-refractivity contribution in [1.82, 2.24) is 10.2 Å². The van der Waals surface area contributed by atoms with Gasteiger partial charge in [0.2, 0.25) is 0 Å². The van der Waals surface area contributed by atoms with E-state index in [0.29, 0.717) is 12.1 Å². The summed E-state index contributed by atoms with van der Waals surface area (Å²) in [6.45, 7) is 2.07. The molecule has 2 aliphatic heterocycles. The summed E-state index contributed by atoms with van der Waals surface area (Å²) in [5.41, 5.74) is 1.33. The Hall–Kier alpha value is -1.06. The summed E-state index contributed by atoms with van der Waals surface area (Å²) in [5, 5.41) is 3.57. The van der Waals surface area contributed by atoms with Crippen molar-refractivity contribution in [1.29, 1.82) is 0 Å². The van der Waals surface area contributed by atoms with Gasteiger partial charge in [-0.25, -0.2) is 0 Å². The van der Waals surface area contributed by atoms with Crippen molar-refractivity contribution in [3.63, 3.8) is 0 Å². The summed E-state index contributed by atoms with van der Waals surface area (Å²) in [4.78, 5) is 2.78. The first-order valence-corrected chi connectivity index (χ1v) is 8.53. The Bertz CT molecular complexity index is 504. The highest BCUT2D eigenvalue weighted by Crippen LogP contribution is 2.42. The Balaban J connectivity index is 1.63. The fourth-order valence-corrected chi connectivity index (χ4v) is 4.89. The minimum absolute atomic E-state index is 0.397. The van der Waals surface area contributed by atoms with Crippen LogP contribution in [-0.4, -0.2) is 37.2 Å². The number of likely N-dealkylation sites (tertiary alicyclic amines) is 1. The Kier molecular flexibility index (Phi) is 3.64. The van der Waals surface area contributed by atoms with Gasteiger partial charge in [-0.2, -0.15) is 0 Å². The second-order valence-corrected chi connectivity index (χ2v) is 6.82. The molecule has 1 saturated carbocycles. The molecular formula is C18H26N2O. The zero-order valence-electron chi connectivity index (χ0n) is 12.9. The van der Waals surface area contributed by atoms with Crippen LogP contribution >= 0.6 is 0 Å². The van der Waals surface area contributed by atoms with Crippen LogP contribution in [0.5, 0.6) is 5.75 Å². The molecule has 1 N–H and O–H groups in total. The van der Waals surface area contributed by atoms with Crippen LogP contribution in [-0.2, 0) is 0 Å². The van der Waals surface area contributed by atoms with Crippen molar-refractivity contribution in [3.05, 3.63) is 29.8 Å². The van der Waals surface area contributed by atoms with Gasteiger partial charge in [-0.05, 0) is 51.3 Å². The van der Waals surface area contributed by atoms with Gasteiger partial charge in [0.25, 0.3) is 0 Å². The fraction of sp³-hybridized carbons (Fsp3) is 0.667. The maximum absolute atomic E-state index is 6.09. The van der Waals surface area contributed by atoms with Crippen LogP contribution in [0, 0.1) is 5.92 Å². The van der Waals surface area contributed by atoms with Gasteiger partial charge in [-0.3, -0.25) is 4.90 Å². The number of fused-ring (bicyclic) bond motifs is 2. The number of hydrogen-bond donors (Lipinski definition) is 1. The lowest BCUT2D eigenvalue weighted by molar-refractivity contribution is 0.0163.